The Morgan fingerprint density at radius 2 is 1.52 bits per heavy atom. The number of amides is 1. The molecule has 3 aromatic carbocycles. The summed E-state index contributed by atoms with van der Waals surface area (Å²) in [5.74, 6) is 0.614. The number of para-hydroxylation sites is 1. The van der Waals surface area contributed by atoms with E-state index < -0.39 is 0 Å². The molecule has 0 aliphatic rings. The van der Waals surface area contributed by atoms with Crippen LogP contribution < -0.4 is 14.8 Å². The third-order valence-electron chi connectivity index (χ3n) is 3.52. The number of benzene rings is 3. The number of ether oxygens (including phenoxy) is 1. The summed E-state index contributed by atoms with van der Waals surface area (Å²) in [5, 5.41) is 2.87. The number of nitrogens with one attached hydrogen (secondary N) is 2. The highest BCUT2D eigenvalue weighted by Gasteiger charge is 2.06. The highest BCUT2D eigenvalue weighted by atomic mass is 32.2. The Morgan fingerprint density at radius 3 is 2.16 bits per heavy atom. The molecule has 0 heterocycles. The second kappa shape index (κ2) is 8.26. The van der Waals surface area contributed by atoms with Crippen molar-refractivity contribution in [2.75, 3.05) is 17.1 Å². The van der Waals surface area contributed by atoms with Crippen molar-refractivity contribution in [3.8, 4) is 5.75 Å². The molecule has 3 rings (SSSR count). The lowest BCUT2D eigenvalue weighted by atomic mass is 10.2. The molecule has 0 spiro atoms. The third-order valence-corrected chi connectivity index (χ3v) is 4.37. The lowest BCUT2D eigenvalue weighted by Gasteiger charge is -2.08. The molecule has 0 fully saturated rings. The van der Waals surface area contributed by atoms with Crippen LogP contribution in [0.2, 0.25) is 0 Å². The van der Waals surface area contributed by atoms with E-state index in [-0.39, 0.29) is 5.91 Å². The molecule has 0 saturated carbocycles. The van der Waals surface area contributed by atoms with Crippen LogP contribution in [0.15, 0.2) is 83.8 Å². The van der Waals surface area contributed by atoms with Crippen molar-refractivity contribution in [2.45, 2.75) is 4.90 Å². The van der Waals surface area contributed by atoms with Crippen LogP contribution in [0.5, 0.6) is 5.75 Å². The SMILES string of the molecule is COc1ccc(NC(=O)c2ccc(SNc3ccccc3)cc2)cc1. The smallest absolute Gasteiger partial charge is 0.255 e. The fraction of sp³-hybridized carbons (Fsp3) is 0.0500. The van der Waals surface area contributed by atoms with Crippen LogP contribution in [0.25, 0.3) is 0 Å². The van der Waals surface area contributed by atoms with E-state index in [1.165, 1.54) is 11.9 Å². The normalized spacial score (nSPS) is 10.1. The highest BCUT2D eigenvalue weighted by molar-refractivity contribution is 8.00. The first-order valence-electron chi connectivity index (χ1n) is 7.78. The number of methoxy groups -OCH3 is 1. The van der Waals surface area contributed by atoms with Gasteiger partial charge in [-0.15, -0.1) is 0 Å². The second-order valence-electron chi connectivity index (χ2n) is 5.28. The van der Waals surface area contributed by atoms with Crippen LogP contribution in [0, 0.1) is 0 Å². The van der Waals surface area contributed by atoms with Crippen LogP contribution >= 0.6 is 11.9 Å². The minimum atomic E-state index is -0.141. The van der Waals surface area contributed by atoms with Gasteiger partial charge < -0.3 is 14.8 Å². The maximum absolute atomic E-state index is 12.3. The molecule has 1 amide bonds. The summed E-state index contributed by atoms with van der Waals surface area (Å²) in [6.45, 7) is 0. The van der Waals surface area contributed by atoms with Crippen molar-refractivity contribution in [1.29, 1.82) is 0 Å². The van der Waals surface area contributed by atoms with Gasteiger partial charge in [-0.25, -0.2) is 0 Å². The molecule has 0 aliphatic heterocycles. The van der Waals surface area contributed by atoms with E-state index in [1.54, 1.807) is 7.11 Å². The zero-order valence-corrected chi connectivity index (χ0v) is 14.5. The van der Waals surface area contributed by atoms with Gasteiger partial charge in [0.15, 0.2) is 0 Å². The van der Waals surface area contributed by atoms with Crippen molar-refractivity contribution in [1.82, 2.24) is 0 Å². The summed E-state index contributed by atoms with van der Waals surface area (Å²) in [6.07, 6.45) is 0. The summed E-state index contributed by atoms with van der Waals surface area (Å²) in [6, 6.07) is 24.7. The Hall–Kier alpha value is -2.92. The summed E-state index contributed by atoms with van der Waals surface area (Å²) in [5.41, 5.74) is 2.38. The number of anilines is 2. The molecule has 0 aromatic heterocycles. The maximum atomic E-state index is 12.3. The second-order valence-corrected chi connectivity index (χ2v) is 6.16. The van der Waals surface area contributed by atoms with Gasteiger partial charge in [-0.05, 0) is 72.6 Å². The number of carbonyl (C=O) groups is 1. The van der Waals surface area contributed by atoms with Crippen molar-refractivity contribution in [2.24, 2.45) is 0 Å². The molecular formula is C20H18N2O2S. The number of carbonyl (C=O) groups excluding carboxylic acids is 1. The van der Waals surface area contributed by atoms with E-state index in [0.29, 0.717) is 5.56 Å². The van der Waals surface area contributed by atoms with Crippen LogP contribution in [0.4, 0.5) is 11.4 Å². The molecule has 126 valence electrons. The lowest BCUT2D eigenvalue weighted by molar-refractivity contribution is 0.102. The zero-order chi connectivity index (χ0) is 17.5. The number of hydrogen-bond acceptors (Lipinski definition) is 4. The van der Waals surface area contributed by atoms with Gasteiger partial charge in [-0.1, -0.05) is 18.2 Å². The van der Waals surface area contributed by atoms with Crippen LogP contribution in [-0.4, -0.2) is 13.0 Å². The number of rotatable bonds is 6. The first kappa shape index (κ1) is 16.9. The minimum Gasteiger partial charge on any atom is -0.497 e. The largest absolute Gasteiger partial charge is 0.497 e. The topological polar surface area (TPSA) is 50.4 Å². The third kappa shape index (κ3) is 4.78. The van der Waals surface area contributed by atoms with Gasteiger partial charge >= 0.3 is 0 Å². The van der Waals surface area contributed by atoms with Gasteiger partial charge in [0.1, 0.15) is 5.75 Å². The van der Waals surface area contributed by atoms with E-state index in [2.05, 4.69) is 10.0 Å². The predicted molar refractivity (Wildman–Crippen MR) is 103 cm³/mol. The Balaban J connectivity index is 1.58. The molecule has 4 nitrogen and oxygen atoms in total. The van der Waals surface area contributed by atoms with Gasteiger partial charge in [-0.3, -0.25) is 4.79 Å². The average molecular weight is 350 g/mol. The van der Waals surface area contributed by atoms with E-state index in [0.717, 1.165) is 22.0 Å². The molecule has 0 radical (unpaired) electrons. The lowest BCUT2D eigenvalue weighted by Crippen LogP contribution is -2.11. The summed E-state index contributed by atoms with van der Waals surface area (Å²) < 4.78 is 8.37. The first-order valence-corrected chi connectivity index (χ1v) is 8.59. The number of hydrogen-bond donors (Lipinski definition) is 2. The van der Waals surface area contributed by atoms with Crippen LogP contribution in [0.1, 0.15) is 10.4 Å². The molecule has 2 N–H and O–H groups in total. The summed E-state index contributed by atoms with van der Waals surface area (Å²) in [4.78, 5) is 13.3. The molecule has 0 atom stereocenters. The molecule has 5 heteroatoms. The predicted octanol–water partition coefficient (Wildman–Crippen LogP) is 5.07. The van der Waals surface area contributed by atoms with Crippen molar-refractivity contribution in [3.05, 3.63) is 84.4 Å². The van der Waals surface area contributed by atoms with Crippen molar-refractivity contribution < 1.29 is 9.53 Å². The van der Waals surface area contributed by atoms with E-state index in [4.69, 9.17) is 4.74 Å². The van der Waals surface area contributed by atoms with Gasteiger partial charge in [-0.2, -0.15) is 0 Å². The Kier molecular flexibility index (Phi) is 5.59. The van der Waals surface area contributed by atoms with Crippen LogP contribution in [-0.2, 0) is 0 Å². The summed E-state index contributed by atoms with van der Waals surface area (Å²) in [7, 11) is 1.61. The summed E-state index contributed by atoms with van der Waals surface area (Å²) >= 11 is 1.51. The molecule has 25 heavy (non-hydrogen) atoms. The van der Waals surface area contributed by atoms with Gasteiger partial charge in [0.2, 0.25) is 0 Å². The molecule has 0 saturated heterocycles. The highest BCUT2D eigenvalue weighted by Crippen LogP contribution is 2.22. The first-order chi connectivity index (χ1) is 12.2. The molecule has 0 unspecified atom stereocenters. The molecule has 3 aromatic rings. The quantitative estimate of drug-likeness (QED) is 0.610. The Labute approximate surface area is 151 Å². The fourth-order valence-electron chi connectivity index (χ4n) is 2.18. The average Bonchev–Trinajstić information content (AvgIpc) is 2.68. The Morgan fingerprint density at radius 1 is 0.840 bits per heavy atom. The van der Waals surface area contributed by atoms with Gasteiger partial charge in [0.05, 0.1) is 7.11 Å². The van der Waals surface area contributed by atoms with E-state index in [1.807, 2.05) is 78.9 Å². The Bertz CT molecular complexity index is 819. The van der Waals surface area contributed by atoms with Gasteiger partial charge in [0, 0.05) is 21.8 Å². The molecule has 0 bridgehead atoms. The minimum absolute atomic E-state index is 0.141. The molecule has 0 aliphatic carbocycles. The maximum Gasteiger partial charge on any atom is 0.255 e. The van der Waals surface area contributed by atoms with E-state index in [9.17, 15) is 4.79 Å². The molecular weight excluding hydrogens is 332 g/mol. The standard InChI is InChI=1S/C20H18N2O2S/c1-24-18-11-9-16(10-12-18)21-20(23)15-7-13-19(14-8-15)25-22-17-5-3-2-4-6-17/h2-14,22H,1H3,(H,21,23). The fourth-order valence-corrected chi connectivity index (χ4v) is 2.82. The van der Waals surface area contributed by atoms with Gasteiger partial charge in [0.25, 0.3) is 5.91 Å². The zero-order valence-electron chi connectivity index (χ0n) is 13.7. The van der Waals surface area contributed by atoms with Crippen molar-refractivity contribution >= 4 is 29.2 Å². The van der Waals surface area contributed by atoms with E-state index >= 15 is 0 Å². The van der Waals surface area contributed by atoms with Crippen LogP contribution in [0.3, 0.4) is 0 Å². The van der Waals surface area contributed by atoms with Crippen molar-refractivity contribution in [3.63, 3.8) is 0 Å². The monoisotopic (exact) mass is 350 g/mol.